The normalized spacial score (nSPS) is 9.93. The van der Waals surface area contributed by atoms with Crippen molar-refractivity contribution in [2.24, 2.45) is 0 Å². The van der Waals surface area contributed by atoms with E-state index in [0.29, 0.717) is 11.4 Å². The molecule has 15 heavy (non-hydrogen) atoms. The second-order valence-electron chi connectivity index (χ2n) is 2.83. The third kappa shape index (κ3) is 2.56. The van der Waals surface area contributed by atoms with Crippen molar-refractivity contribution in [3.8, 4) is 0 Å². The van der Waals surface area contributed by atoms with E-state index in [4.69, 9.17) is 4.42 Å². The summed E-state index contributed by atoms with van der Waals surface area (Å²) < 4.78 is 5.83. The molecular formula is C10H7IN2O2. The van der Waals surface area contributed by atoms with Gasteiger partial charge in [-0.05, 0) is 40.8 Å². The Hall–Kier alpha value is -1.37. The Morgan fingerprint density at radius 1 is 1.40 bits per heavy atom. The minimum atomic E-state index is -0.225. The smallest absolute Gasteiger partial charge is 0.260 e. The van der Waals surface area contributed by atoms with Gasteiger partial charge in [-0.2, -0.15) is 0 Å². The molecule has 0 unspecified atom stereocenters. The fourth-order valence-electron chi connectivity index (χ4n) is 1.03. The van der Waals surface area contributed by atoms with Crippen LogP contribution in [0.1, 0.15) is 10.4 Å². The number of amides is 1. The van der Waals surface area contributed by atoms with Gasteiger partial charge >= 0.3 is 0 Å². The van der Waals surface area contributed by atoms with Gasteiger partial charge in [-0.15, -0.1) is 0 Å². The summed E-state index contributed by atoms with van der Waals surface area (Å²) in [5.41, 5.74) is 0.482. The topological polar surface area (TPSA) is 55.1 Å². The van der Waals surface area contributed by atoms with Crippen LogP contribution in [-0.2, 0) is 0 Å². The molecule has 2 aromatic rings. The molecule has 0 aliphatic rings. The Kier molecular flexibility index (Phi) is 3.00. The molecule has 4 nitrogen and oxygen atoms in total. The zero-order valence-electron chi connectivity index (χ0n) is 7.61. The Balaban J connectivity index is 2.09. The van der Waals surface area contributed by atoms with Crippen molar-refractivity contribution in [1.82, 2.24) is 4.98 Å². The number of aromatic nitrogens is 1. The molecule has 2 rings (SSSR count). The Bertz CT molecular complexity index is 451. The number of pyridine rings is 1. The first-order valence-electron chi connectivity index (χ1n) is 4.21. The van der Waals surface area contributed by atoms with E-state index in [1.165, 1.54) is 12.5 Å². The van der Waals surface area contributed by atoms with Crippen LogP contribution in [0.2, 0.25) is 0 Å². The van der Waals surface area contributed by atoms with Gasteiger partial charge in [-0.25, -0.2) is 4.98 Å². The average molecular weight is 314 g/mol. The largest absolute Gasteiger partial charge is 0.472 e. The molecule has 0 bridgehead atoms. The van der Waals surface area contributed by atoms with Gasteiger partial charge in [0.2, 0.25) is 0 Å². The number of carbonyl (C=O) groups is 1. The number of nitrogens with zero attached hydrogens (tertiary/aromatic N) is 1. The maximum atomic E-state index is 11.5. The molecule has 0 aliphatic carbocycles. The van der Waals surface area contributed by atoms with Crippen LogP contribution in [0.25, 0.3) is 0 Å². The molecule has 76 valence electrons. The highest BCUT2D eigenvalue weighted by Gasteiger charge is 2.07. The van der Waals surface area contributed by atoms with Crippen LogP contribution in [0.5, 0.6) is 0 Å². The number of hydrogen-bond acceptors (Lipinski definition) is 3. The lowest BCUT2D eigenvalue weighted by atomic mass is 10.3. The molecule has 1 amide bonds. The molecule has 0 spiro atoms. The van der Waals surface area contributed by atoms with Crippen molar-refractivity contribution < 1.29 is 9.21 Å². The van der Waals surface area contributed by atoms with Crippen LogP contribution in [-0.4, -0.2) is 10.9 Å². The van der Waals surface area contributed by atoms with Crippen molar-refractivity contribution in [2.75, 3.05) is 5.32 Å². The van der Waals surface area contributed by atoms with Crippen LogP contribution in [0.3, 0.4) is 0 Å². The second-order valence-corrected chi connectivity index (χ2v) is 4.07. The van der Waals surface area contributed by atoms with Crippen LogP contribution < -0.4 is 5.32 Å². The van der Waals surface area contributed by atoms with Gasteiger partial charge in [0.05, 0.1) is 11.8 Å². The Labute approximate surface area is 99.8 Å². The van der Waals surface area contributed by atoms with E-state index in [2.05, 4.69) is 32.9 Å². The van der Waals surface area contributed by atoms with Crippen molar-refractivity contribution in [1.29, 1.82) is 0 Å². The van der Waals surface area contributed by atoms with Crippen molar-refractivity contribution >= 4 is 34.3 Å². The van der Waals surface area contributed by atoms with E-state index >= 15 is 0 Å². The van der Waals surface area contributed by atoms with E-state index in [0.717, 1.165) is 3.57 Å². The van der Waals surface area contributed by atoms with E-state index in [-0.39, 0.29) is 5.91 Å². The summed E-state index contributed by atoms with van der Waals surface area (Å²) in [6.07, 6.45) is 4.53. The highest BCUT2D eigenvalue weighted by atomic mass is 127. The lowest BCUT2D eigenvalue weighted by Gasteiger charge is -2.01. The van der Waals surface area contributed by atoms with Gasteiger partial charge in [0.1, 0.15) is 12.1 Å². The standard InChI is InChI=1S/C10H7IN2O2/c11-8-1-2-9(12-5-8)13-10(14)7-3-4-15-6-7/h1-6H,(H,12,13,14). The van der Waals surface area contributed by atoms with Crippen molar-refractivity contribution in [3.63, 3.8) is 0 Å². The summed E-state index contributed by atoms with van der Waals surface area (Å²) in [5.74, 6) is 0.305. The van der Waals surface area contributed by atoms with Crippen LogP contribution in [0, 0.1) is 3.57 Å². The highest BCUT2D eigenvalue weighted by Crippen LogP contribution is 2.09. The summed E-state index contributed by atoms with van der Waals surface area (Å²) in [4.78, 5) is 15.6. The summed E-state index contributed by atoms with van der Waals surface area (Å²) in [6, 6.07) is 5.22. The Morgan fingerprint density at radius 3 is 2.87 bits per heavy atom. The maximum Gasteiger partial charge on any atom is 0.260 e. The fourth-order valence-corrected chi connectivity index (χ4v) is 1.35. The average Bonchev–Trinajstić information content (AvgIpc) is 2.74. The van der Waals surface area contributed by atoms with Gasteiger partial charge in [-0.1, -0.05) is 0 Å². The minimum absolute atomic E-state index is 0.225. The zero-order valence-corrected chi connectivity index (χ0v) is 9.76. The Morgan fingerprint density at radius 2 is 2.27 bits per heavy atom. The van der Waals surface area contributed by atoms with Gasteiger partial charge in [0.25, 0.3) is 5.91 Å². The quantitative estimate of drug-likeness (QED) is 0.867. The van der Waals surface area contributed by atoms with Gasteiger partial charge in [0, 0.05) is 9.77 Å². The number of carbonyl (C=O) groups excluding carboxylic acids is 1. The van der Waals surface area contributed by atoms with Crippen LogP contribution >= 0.6 is 22.6 Å². The van der Waals surface area contributed by atoms with Crippen LogP contribution in [0.15, 0.2) is 41.3 Å². The molecule has 0 aromatic carbocycles. The highest BCUT2D eigenvalue weighted by molar-refractivity contribution is 14.1. The number of nitrogens with one attached hydrogen (secondary N) is 1. The van der Waals surface area contributed by atoms with E-state index in [9.17, 15) is 4.79 Å². The first-order valence-corrected chi connectivity index (χ1v) is 5.29. The number of hydrogen-bond donors (Lipinski definition) is 1. The van der Waals surface area contributed by atoms with Crippen molar-refractivity contribution in [3.05, 3.63) is 46.1 Å². The number of furan rings is 1. The second kappa shape index (κ2) is 4.43. The SMILES string of the molecule is O=C(Nc1ccc(I)cn1)c1ccoc1. The third-order valence-corrected chi connectivity index (χ3v) is 2.39. The van der Waals surface area contributed by atoms with Gasteiger partial charge < -0.3 is 9.73 Å². The van der Waals surface area contributed by atoms with Gasteiger partial charge in [0.15, 0.2) is 0 Å². The lowest BCUT2D eigenvalue weighted by molar-refractivity contribution is 0.102. The third-order valence-electron chi connectivity index (χ3n) is 1.75. The molecule has 0 radical (unpaired) electrons. The molecule has 2 aromatic heterocycles. The molecule has 0 atom stereocenters. The minimum Gasteiger partial charge on any atom is -0.472 e. The molecular weight excluding hydrogens is 307 g/mol. The molecule has 2 heterocycles. The predicted molar refractivity (Wildman–Crippen MR) is 63.6 cm³/mol. The molecule has 0 saturated carbocycles. The zero-order chi connectivity index (χ0) is 10.7. The number of halogens is 1. The van der Waals surface area contributed by atoms with E-state index < -0.39 is 0 Å². The summed E-state index contributed by atoms with van der Waals surface area (Å²) in [6.45, 7) is 0. The fraction of sp³-hybridized carbons (Fsp3) is 0. The van der Waals surface area contributed by atoms with Crippen molar-refractivity contribution in [2.45, 2.75) is 0 Å². The van der Waals surface area contributed by atoms with E-state index in [1.807, 2.05) is 6.07 Å². The predicted octanol–water partition coefficient (Wildman–Crippen LogP) is 2.53. The summed E-state index contributed by atoms with van der Waals surface area (Å²) >= 11 is 2.15. The maximum absolute atomic E-state index is 11.5. The van der Waals surface area contributed by atoms with E-state index in [1.54, 1.807) is 18.3 Å². The molecule has 5 heteroatoms. The number of rotatable bonds is 2. The monoisotopic (exact) mass is 314 g/mol. The summed E-state index contributed by atoms with van der Waals surface area (Å²) in [5, 5.41) is 2.66. The molecule has 0 aliphatic heterocycles. The lowest BCUT2D eigenvalue weighted by Crippen LogP contribution is -2.11. The van der Waals surface area contributed by atoms with Crippen LogP contribution in [0.4, 0.5) is 5.82 Å². The molecule has 0 saturated heterocycles. The molecule has 0 fully saturated rings. The summed E-state index contributed by atoms with van der Waals surface area (Å²) in [7, 11) is 0. The number of anilines is 1. The van der Waals surface area contributed by atoms with Gasteiger partial charge in [-0.3, -0.25) is 4.79 Å². The first kappa shape index (κ1) is 10.2. The molecule has 1 N–H and O–H groups in total. The first-order chi connectivity index (χ1) is 7.25.